The van der Waals surface area contributed by atoms with E-state index in [1.54, 1.807) is 0 Å². The number of unbranched alkanes of at least 4 members (excludes halogenated alkanes) is 16. The Morgan fingerprint density at radius 1 is 0.138 bits per heavy atom. The maximum Gasteiger partial charge on any atom is 0.0725 e. The van der Waals surface area contributed by atoms with Gasteiger partial charge in [0, 0.05) is 52.4 Å². The first kappa shape index (κ1) is 136. The van der Waals surface area contributed by atoms with Gasteiger partial charge in [-0.2, -0.15) is 0 Å². The van der Waals surface area contributed by atoms with Gasteiger partial charge in [-0.1, -0.05) is 430 Å². The molecule has 145 heavy (non-hydrogen) atoms. The SMILES string of the molecule is CC(C)CCCCCCCn1nncc1CCC(C)C.CC(C)CCCCCCn1nncc1CCCC(C)C.CC(C)CCCCCc1cnnn1CC(C)C.CC(C)CCCCCn1nncc1CC(C)C.CC(C)CCCCCn1nncc1CCCCC(C)C.CC(C)CCCCc1cnnn1CCC(C)C.CC(C)CCCCn1nncc1CCC(C)C.CC(C)CCCc1cnnn1CCCC(C)C. The summed E-state index contributed by atoms with van der Waals surface area (Å²) in [6.07, 6.45) is 77.6. The summed E-state index contributed by atoms with van der Waals surface area (Å²) in [5, 5.41) is 65.8. The highest BCUT2D eigenvalue weighted by molar-refractivity contribution is 5.00. The minimum absolute atomic E-state index is 0.636. The molecule has 8 heterocycles. The minimum atomic E-state index is 0.636. The van der Waals surface area contributed by atoms with E-state index < -0.39 is 0 Å². The normalized spacial score (nSPS) is 11.7. The predicted molar refractivity (Wildman–Crippen MR) is 617 cm³/mol. The van der Waals surface area contributed by atoms with Crippen LogP contribution < -0.4 is 0 Å². The Bertz CT molecular complexity index is 3930. The molecule has 0 atom stereocenters. The number of hydrogen-bond acceptors (Lipinski definition) is 16. The van der Waals surface area contributed by atoms with Crippen molar-refractivity contribution in [3.8, 4) is 0 Å². The van der Waals surface area contributed by atoms with E-state index in [2.05, 4.69) is 342 Å². The van der Waals surface area contributed by atoms with Gasteiger partial charge in [0.2, 0.25) is 0 Å². The van der Waals surface area contributed by atoms with E-state index in [-0.39, 0.29) is 0 Å². The monoisotopic (exact) mass is 2020 g/mol. The molecule has 8 aromatic heterocycles. The second-order valence-corrected chi connectivity index (χ2v) is 49.4. The molecule has 0 saturated carbocycles. The lowest BCUT2D eigenvalue weighted by molar-refractivity contribution is 0.453. The van der Waals surface area contributed by atoms with Crippen molar-refractivity contribution in [1.29, 1.82) is 0 Å². The molecule has 0 unspecified atom stereocenters. The largest absolute Gasteiger partial charge is 0.249 e. The molecule has 8 rings (SSSR count). The quantitative estimate of drug-likeness (QED) is 0.0322. The summed E-state index contributed by atoms with van der Waals surface area (Å²) in [5.74, 6) is 12.6. The lowest BCUT2D eigenvalue weighted by atomic mass is 10.0. The first-order valence-corrected chi connectivity index (χ1v) is 60.2. The summed E-state index contributed by atoms with van der Waals surface area (Å²) in [6, 6.07) is 0. The molecular formula is C121H234N24. The Balaban J connectivity index is 0.000000829. The number of aromatic nitrogens is 24. The second-order valence-electron chi connectivity index (χ2n) is 49.4. The molecule has 0 radical (unpaired) electrons. The Kier molecular flexibility index (Phi) is 82.4. The van der Waals surface area contributed by atoms with Crippen LogP contribution in [0.4, 0.5) is 0 Å². The van der Waals surface area contributed by atoms with E-state index >= 15 is 0 Å². The van der Waals surface area contributed by atoms with E-state index in [1.807, 2.05) is 49.6 Å². The summed E-state index contributed by atoms with van der Waals surface area (Å²) >= 11 is 0. The van der Waals surface area contributed by atoms with Crippen LogP contribution in [-0.2, 0) is 104 Å². The number of aryl methyl sites for hydroxylation is 14. The third kappa shape index (κ3) is 78.9. The highest BCUT2D eigenvalue weighted by Crippen LogP contribution is 2.23. The fraction of sp³-hybridized carbons (Fsp3) is 0.868. The van der Waals surface area contributed by atoms with Gasteiger partial charge < -0.3 is 0 Å². The van der Waals surface area contributed by atoms with Gasteiger partial charge in [-0.05, 0) is 242 Å². The topological polar surface area (TPSA) is 246 Å². The summed E-state index contributed by atoms with van der Waals surface area (Å²) < 4.78 is 16.7. The van der Waals surface area contributed by atoms with E-state index in [1.165, 1.54) is 309 Å². The zero-order chi connectivity index (χ0) is 108. The smallest absolute Gasteiger partial charge is 0.0725 e. The minimum Gasteiger partial charge on any atom is -0.249 e. The molecule has 0 aliphatic carbocycles. The molecule has 0 fully saturated rings. The third-order valence-corrected chi connectivity index (χ3v) is 26.6. The molecule has 0 N–H and O–H groups in total. The van der Waals surface area contributed by atoms with Crippen LogP contribution >= 0.6 is 0 Å². The summed E-state index contributed by atoms with van der Waals surface area (Å²) in [5.41, 5.74) is 10.4. The van der Waals surface area contributed by atoms with Crippen molar-refractivity contribution in [3.63, 3.8) is 0 Å². The molecule has 0 saturated heterocycles. The van der Waals surface area contributed by atoms with Crippen LogP contribution in [-0.4, -0.2) is 120 Å². The lowest BCUT2D eigenvalue weighted by Gasteiger charge is -2.08. The number of rotatable bonds is 73. The molecule has 838 valence electrons. The van der Waals surface area contributed by atoms with Crippen molar-refractivity contribution in [2.75, 3.05) is 0 Å². The molecule has 24 nitrogen and oxygen atoms in total. The van der Waals surface area contributed by atoms with Gasteiger partial charge >= 0.3 is 0 Å². The zero-order valence-electron chi connectivity index (χ0n) is 101. The van der Waals surface area contributed by atoms with Crippen LogP contribution in [0, 0.1) is 94.7 Å². The van der Waals surface area contributed by atoms with Crippen LogP contribution in [0.1, 0.15) is 530 Å². The first-order chi connectivity index (χ1) is 69.2. The molecule has 24 heteroatoms. The summed E-state index contributed by atoms with van der Waals surface area (Å²) in [7, 11) is 0. The molecule has 0 amide bonds. The van der Waals surface area contributed by atoms with Crippen molar-refractivity contribution in [1.82, 2.24) is 120 Å². The second kappa shape index (κ2) is 87.8. The van der Waals surface area contributed by atoms with Gasteiger partial charge in [0.05, 0.1) is 95.1 Å². The number of hydrogen-bond donors (Lipinski definition) is 0. The average Bonchev–Trinajstić information content (AvgIpc) is 1.83. The highest BCUT2D eigenvalue weighted by atomic mass is 15.5. The van der Waals surface area contributed by atoms with Crippen LogP contribution in [0.2, 0.25) is 0 Å². The van der Waals surface area contributed by atoms with Crippen molar-refractivity contribution in [2.24, 2.45) is 94.7 Å². The van der Waals surface area contributed by atoms with Crippen molar-refractivity contribution in [3.05, 3.63) is 95.1 Å². The van der Waals surface area contributed by atoms with Gasteiger partial charge in [0.25, 0.3) is 0 Å². The van der Waals surface area contributed by atoms with Gasteiger partial charge in [-0.3, -0.25) is 0 Å². The standard InChI is InChI=1S/3C17H33N3.5C14H27N3/c1-15(2)10-6-5-9-13-20-17(14-18-19-20)12-8-7-11-16(3)4;1-15(2)10-7-5-6-8-13-20-17(14-18-19-20)12-9-11-16(3)4;1-15(2)10-8-6-5-7-9-13-20-17(14-18-19-20)12-11-16(3)4;1-12(2)7-5-9-14-11-15-16-17(14)10-6-8-13(3)4;1-12(2)7-5-6-10-17-14(11-15-16-17)9-8-13(3)4;1-12(2)7-5-6-8-14-11-15-16-17(14)10-9-13(3)4;1-12(2)8-6-5-7-9-14-10-15-16-17(14)11-13(3)4;1-12(2)8-6-5-7-9-17-14(10-13(3)4)11-15-16-17/h3*14-16H,5-13H2,1-4H3;3*11-13H,5-10H2,1-4H3;10,12-13H,5-9,11H2,1-4H3;11-13H,5-10H2,1-4H3. The summed E-state index contributed by atoms with van der Waals surface area (Å²) in [4.78, 5) is 0. The maximum atomic E-state index is 4.23. The predicted octanol–water partition coefficient (Wildman–Crippen LogP) is 33.1. The van der Waals surface area contributed by atoms with Gasteiger partial charge in [0.1, 0.15) is 0 Å². The van der Waals surface area contributed by atoms with Gasteiger partial charge in [0.15, 0.2) is 0 Å². The van der Waals surface area contributed by atoms with E-state index in [0.29, 0.717) is 11.8 Å². The molecule has 0 bridgehead atoms. The molecule has 8 aromatic rings. The van der Waals surface area contributed by atoms with Gasteiger partial charge in [-0.25, -0.2) is 37.5 Å². The third-order valence-electron chi connectivity index (χ3n) is 26.6. The van der Waals surface area contributed by atoms with Gasteiger partial charge in [-0.15, -0.1) is 40.8 Å². The van der Waals surface area contributed by atoms with Crippen LogP contribution in [0.15, 0.2) is 49.6 Å². The first-order valence-electron chi connectivity index (χ1n) is 60.2. The van der Waals surface area contributed by atoms with Crippen molar-refractivity contribution >= 4 is 0 Å². The Morgan fingerprint density at radius 3 is 0.586 bits per heavy atom. The fourth-order valence-corrected chi connectivity index (χ4v) is 17.3. The van der Waals surface area contributed by atoms with Crippen LogP contribution in [0.5, 0.6) is 0 Å². The molecule has 0 aromatic carbocycles. The van der Waals surface area contributed by atoms with Crippen molar-refractivity contribution in [2.45, 2.75) is 589 Å². The maximum absolute atomic E-state index is 4.23. The fourth-order valence-electron chi connectivity index (χ4n) is 17.3. The molecular weight excluding hydrogens is 1790 g/mol. The average molecular weight is 2030 g/mol. The molecule has 0 spiro atoms. The van der Waals surface area contributed by atoms with E-state index in [0.717, 1.165) is 187 Å². The summed E-state index contributed by atoms with van der Waals surface area (Å²) in [6.45, 7) is 81.0. The van der Waals surface area contributed by atoms with E-state index in [9.17, 15) is 0 Å². The molecule has 0 aliphatic rings. The molecule has 0 aliphatic heterocycles. The zero-order valence-corrected chi connectivity index (χ0v) is 101. The van der Waals surface area contributed by atoms with Crippen LogP contribution in [0.25, 0.3) is 0 Å². The Morgan fingerprint density at radius 2 is 0.310 bits per heavy atom. The number of nitrogens with zero attached hydrogens (tertiary/aromatic N) is 24. The van der Waals surface area contributed by atoms with E-state index in [4.69, 9.17) is 0 Å². The Labute approximate surface area is 893 Å². The van der Waals surface area contributed by atoms with Crippen LogP contribution in [0.3, 0.4) is 0 Å². The Hall–Kier alpha value is -6.88. The highest BCUT2D eigenvalue weighted by Gasteiger charge is 2.15. The van der Waals surface area contributed by atoms with Crippen molar-refractivity contribution < 1.29 is 0 Å². The lowest BCUT2D eigenvalue weighted by Crippen LogP contribution is -2.09.